The van der Waals surface area contributed by atoms with Gasteiger partial charge in [0.1, 0.15) is 0 Å². The van der Waals surface area contributed by atoms with Gasteiger partial charge in [-0.1, -0.05) is 0 Å². The topological polar surface area (TPSA) is 21.3 Å². The van der Waals surface area contributed by atoms with Crippen molar-refractivity contribution < 1.29 is 4.74 Å². The molecule has 3 atom stereocenters. The van der Waals surface area contributed by atoms with Gasteiger partial charge in [0.05, 0.1) is 0 Å². The Labute approximate surface area is 92.2 Å². The van der Waals surface area contributed by atoms with Crippen LogP contribution < -0.4 is 5.32 Å². The van der Waals surface area contributed by atoms with Crippen molar-refractivity contribution in [3.63, 3.8) is 0 Å². The molecule has 0 aromatic heterocycles. The van der Waals surface area contributed by atoms with Crippen LogP contribution in [0.25, 0.3) is 0 Å². The average molecular weight is 217 g/mol. The van der Waals surface area contributed by atoms with E-state index in [1.165, 1.54) is 19.3 Å². The second kappa shape index (κ2) is 6.70. The van der Waals surface area contributed by atoms with Crippen LogP contribution in [0.5, 0.6) is 0 Å². The molecule has 3 unspecified atom stereocenters. The van der Waals surface area contributed by atoms with Crippen LogP contribution in [-0.2, 0) is 4.74 Å². The summed E-state index contributed by atoms with van der Waals surface area (Å²) in [6.07, 6.45) is 7.43. The van der Waals surface area contributed by atoms with E-state index in [0.29, 0.717) is 6.04 Å². The fourth-order valence-corrected chi connectivity index (χ4v) is 2.88. The molecule has 0 spiro atoms. The molecule has 14 heavy (non-hydrogen) atoms. The second-order valence-corrected chi connectivity index (χ2v) is 5.35. The Kier molecular flexibility index (Phi) is 5.90. The summed E-state index contributed by atoms with van der Waals surface area (Å²) >= 11 is 2.02. The van der Waals surface area contributed by atoms with Crippen LogP contribution in [0.2, 0.25) is 0 Å². The van der Waals surface area contributed by atoms with Crippen molar-refractivity contribution in [1.29, 1.82) is 0 Å². The highest BCUT2D eigenvalue weighted by atomic mass is 32.2. The highest BCUT2D eigenvalue weighted by Gasteiger charge is 2.24. The number of thioether (sulfide) groups is 1. The zero-order valence-corrected chi connectivity index (χ0v) is 10.4. The van der Waals surface area contributed by atoms with E-state index in [0.717, 1.165) is 24.3 Å². The van der Waals surface area contributed by atoms with Gasteiger partial charge in [-0.05, 0) is 38.9 Å². The first-order valence-electron chi connectivity index (χ1n) is 5.54. The lowest BCUT2D eigenvalue weighted by Crippen LogP contribution is -2.35. The van der Waals surface area contributed by atoms with Crippen molar-refractivity contribution in [2.75, 3.05) is 20.0 Å². The monoisotopic (exact) mass is 217 g/mol. The van der Waals surface area contributed by atoms with Gasteiger partial charge in [0.15, 0.2) is 0 Å². The molecular weight excluding hydrogens is 194 g/mol. The van der Waals surface area contributed by atoms with Gasteiger partial charge in [0.25, 0.3) is 0 Å². The van der Waals surface area contributed by atoms with E-state index in [9.17, 15) is 0 Å². The highest BCUT2D eigenvalue weighted by Crippen LogP contribution is 2.28. The normalized spacial score (nSPS) is 29.4. The fourth-order valence-electron chi connectivity index (χ4n) is 2.09. The SMILES string of the molecule is COCCC(C)NC1CCC(SC)C1. The summed E-state index contributed by atoms with van der Waals surface area (Å²) in [7, 11) is 1.77. The predicted molar refractivity (Wildman–Crippen MR) is 64.0 cm³/mol. The Morgan fingerprint density at radius 2 is 2.29 bits per heavy atom. The number of methoxy groups -OCH3 is 1. The lowest BCUT2D eigenvalue weighted by atomic mass is 10.2. The molecule has 0 aromatic rings. The van der Waals surface area contributed by atoms with Gasteiger partial charge in [-0.15, -0.1) is 0 Å². The summed E-state index contributed by atoms with van der Waals surface area (Å²) < 4.78 is 5.08. The van der Waals surface area contributed by atoms with E-state index >= 15 is 0 Å². The van der Waals surface area contributed by atoms with Gasteiger partial charge >= 0.3 is 0 Å². The molecule has 1 aliphatic rings. The van der Waals surface area contributed by atoms with Gasteiger partial charge in [-0.3, -0.25) is 0 Å². The van der Waals surface area contributed by atoms with Crippen molar-refractivity contribution in [3.05, 3.63) is 0 Å². The van der Waals surface area contributed by atoms with E-state index in [-0.39, 0.29) is 0 Å². The molecule has 2 nitrogen and oxygen atoms in total. The molecule has 0 amide bonds. The van der Waals surface area contributed by atoms with Crippen LogP contribution in [-0.4, -0.2) is 37.3 Å². The maximum atomic E-state index is 5.08. The first-order chi connectivity index (χ1) is 6.76. The van der Waals surface area contributed by atoms with E-state index in [1.807, 2.05) is 11.8 Å². The Morgan fingerprint density at radius 3 is 2.86 bits per heavy atom. The number of hydrogen-bond donors (Lipinski definition) is 1. The zero-order chi connectivity index (χ0) is 10.4. The molecule has 0 heterocycles. The third-order valence-electron chi connectivity index (χ3n) is 2.99. The number of nitrogens with one attached hydrogen (secondary N) is 1. The molecular formula is C11H23NOS. The molecule has 0 aliphatic heterocycles. The molecule has 0 aromatic carbocycles. The second-order valence-electron chi connectivity index (χ2n) is 4.22. The maximum absolute atomic E-state index is 5.08. The Morgan fingerprint density at radius 1 is 1.50 bits per heavy atom. The summed E-state index contributed by atoms with van der Waals surface area (Å²) in [5, 5.41) is 4.58. The third-order valence-corrected chi connectivity index (χ3v) is 4.09. The van der Waals surface area contributed by atoms with E-state index < -0.39 is 0 Å². The quantitative estimate of drug-likeness (QED) is 0.737. The number of rotatable bonds is 6. The molecule has 84 valence electrons. The highest BCUT2D eigenvalue weighted by molar-refractivity contribution is 7.99. The largest absolute Gasteiger partial charge is 0.385 e. The fraction of sp³-hybridized carbons (Fsp3) is 1.00. The van der Waals surface area contributed by atoms with Gasteiger partial charge in [0.2, 0.25) is 0 Å². The molecule has 0 bridgehead atoms. The summed E-state index contributed by atoms with van der Waals surface area (Å²) in [6.45, 7) is 3.12. The minimum atomic E-state index is 0.598. The molecule has 1 aliphatic carbocycles. The van der Waals surface area contributed by atoms with Gasteiger partial charge in [-0.25, -0.2) is 0 Å². The molecule has 0 saturated heterocycles. The number of hydrogen-bond acceptors (Lipinski definition) is 3. The summed E-state index contributed by atoms with van der Waals surface area (Å²) in [5.41, 5.74) is 0. The first-order valence-corrected chi connectivity index (χ1v) is 6.82. The van der Waals surface area contributed by atoms with Crippen LogP contribution in [0.4, 0.5) is 0 Å². The number of ether oxygens (including phenoxy) is 1. The van der Waals surface area contributed by atoms with Crippen molar-refractivity contribution in [2.45, 2.75) is 49.9 Å². The van der Waals surface area contributed by atoms with Crippen molar-refractivity contribution in [3.8, 4) is 0 Å². The lowest BCUT2D eigenvalue weighted by molar-refractivity contribution is 0.182. The lowest BCUT2D eigenvalue weighted by Gasteiger charge is -2.19. The molecule has 1 N–H and O–H groups in total. The van der Waals surface area contributed by atoms with E-state index in [1.54, 1.807) is 7.11 Å². The molecule has 1 saturated carbocycles. The summed E-state index contributed by atoms with van der Waals surface area (Å²) in [5.74, 6) is 0. The van der Waals surface area contributed by atoms with Crippen molar-refractivity contribution >= 4 is 11.8 Å². The Balaban J connectivity index is 2.12. The van der Waals surface area contributed by atoms with Gasteiger partial charge in [0, 0.05) is 31.1 Å². The molecule has 0 radical (unpaired) electrons. The zero-order valence-electron chi connectivity index (χ0n) is 9.58. The predicted octanol–water partition coefficient (Wildman–Crippen LogP) is 2.29. The van der Waals surface area contributed by atoms with Crippen LogP contribution >= 0.6 is 11.8 Å². The average Bonchev–Trinajstić information content (AvgIpc) is 2.62. The molecule has 1 rings (SSSR count). The first kappa shape index (κ1) is 12.3. The van der Waals surface area contributed by atoms with Crippen LogP contribution in [0, 0.1) is 0 Å². The molecule has 1 fully saturated rings. The van der Waals surface area contributed by atoms with Crippen LogP contribution in [0.1, 0.15) is 32.6 Å². The molecule has 3 heteroatoms. The maximum Gasteiger partial charge on any atom is 0.0476 e. The van der Waals surface area contributed by atoms with Crippen molar-refractivity contribution in [2.24, 2.45) is 0 Å². The van der Waals surface area contributed by atoms with Gasteiger partial charge in [-0.2, -0.15) is 11.8 Å². The van der Waals surface area contributed by atoms with E-state index in [2.05, 4.69) is 18.5 Å². The summed E-state index contributed by atoms with van der Waals surface area (Å²) in [6, 6.07) is 1.35. The van der Waals surface area contributed by atoms with Crippen molar-refractivity contribution in [1.82, 2.24) is 5.32 Å². The standard InChI is InChI=1S/C11H23NOS/c1-9(6-7-13-2)12-10-4-5-11(8-10)14-3/h9-12H,4-8H2,1-3H3. The Bertz CT molecular complexity index is 154. The smallest absolute Gasteiger partial charge is 0.0476 e. The minimum absolute atomic E-state index is 0.598. The summed E-state index contributed by atoms with van der Waals surface area (Å²) in [4.78, 5) is 0. The minimum Gasteiger partial charge on any atom is -0.385 e. The van der Waals surface area contributed by atoms with Crippen LogP contribution in [0.15, 0.2) is 0 Å². The van der Waals surface area contributed by atoms with Crippen LogP contribution in [0.3, 0.4) is 0 Å². The third kappa shape index (κ3) is 4.20. The Hall–Kier alpha value is 0.270. The van der Waals surface area contributed by atoms with E-state index in [4.69, 9.17) is 4.74 Å². The van der Waals surface area contributed by atoms with Gasteiger partial charge < -0.3 is 10.1 Å².